The molecule has 35 heavy (non-hydrogen) atoms. The van der Waals surface area contributed by atoms with Gasteiger partial charge in [0.1, 0.15) is 29.3 Å². The first-order valence-electron chi connectivity index (χ1n) is 10.7. The van der Waals surface area contributed by atoms with Crippen molar-refractivity contribution in [3.63, 3.8) is 0 Å². The Labute approximate surface area is 211 Å². The number of thioether (sulfide) groups is 1. The number of nitrogens with two attached hydrogens (primary N) is 2. The Morgan fingerprint density at radius 2 is 1.91 bits per heavy atom. The van der Waals surface area contributed by atoms with Gasteiger partial charge in [-0.25, -0.2) is 9.97 Å². The molecule has 0 aliphatic carbocycles. The van der Waals surface area contributed by atoms with Crippen LogP contribution >= 0.6 is 23.1 Å². The smallest absolute Gasteiger partial charge is 0.187 e. The SMILES string of the molecule is Cc1ccccc1Nc1nc(CSc2nc(N)c(N)c(-c3ccc(OCCO)cc3)c2C#N)cs1. The van der Waals surface area contributed by atoms with E-state index in [0.717, 1.165) is 27.6 Å². The summed E-state index contributed by atoms with van der Waals surface area (Å²) in [5, 5.41) is 25.5. The van der Waals surface area contributed by atoms with Crippen LogP contribution in [-0.4, -0.2) is 28.3 Å². The number of pyridine rings is 1. The molecule has 0 saturated heterocycles. The molecular weight excluding hydrogens is 480 g/mol. The summed E-state index contributed by atoms with van der Waals surface area (Å²) in [6.45, 7) is 2.17. The zero-order valence-electron chi connectivity index (χ0n) is 19.0. The van der Waals surface area contributed by atoms with Crippen LogP contribution in [0.1, 0.15) is 16.8 Å². The highest BCUT2D eigenvalue weighted by molar-refractivity contribution is 7.98. The molecule has 6 N–H and O–H groups in total. The van der Waals surface area contributed by atoms with Gasteiger partial charge in [0.2, 0.25) is 0 Å². The zero-order valence-corrected chi connectivity index (χ0v) is 20.6. The van der Waals surface area contributed by atoms with Crippen molar-refractivity contribution in [2.24, 2.45) is 0 Å². The average Bonchev–Trinajstić information content (AvgIpc) is 3.32. The van der Waals surface area contributed by atoms with E-state index in [-0.39, 0.29) is 24.7 Å². The van der Waals surface area contributed by atoms with E-state index in [9.17, 15) is 5.26 Å². The lowest BCUT2D eigenvalue weighted by Crippen LogP contribution is -2.05. The normalized spacial score (nSPS) is 10.7. The van der Waals surface area contributed by atoms with Crippen molar-refractivity contribution >= 4 is 45.4 Å². The first kappa shape index (κ1) is 24.3. The highest BCUT2D eigenvalue weighted by atomic mass is 32.2. The molecule has 4 aromatic rings. The van der Waals surface area contributed by atoms with E-state index in [4.69, 9.17) is 21.3 Å². The summed E-state index contributed by atoms with van der Waals surface area (Å²) in [5.41, 5.74) is 17.3. The number of benzene rings is 2. The maximum absolute atomic E-state index is 9.96. The molecule has 4 rings (SSSR count). The third-order valence-electron chi connectivity index (χ3n) is 5.14. The van der Waals surface area contributed by atoms with Gasteiger partial charge in [-0.15, -0.1) is 11.3 Å². The van der Waals surface area contributed by atoms with Gasteiger partial charge in [0.15, 0.2) is 5.13 Å². The molecule has 0 aliphatic heterocycles. The summed E-state index contributed by atoms with van der Waals surface area (Å²) in [6.07, 6.45) is 0. The number of aromatic nitrogens is 2. The number of nitrogens with one attached hydrogen (secondary N) is 1. The highest BCUT2D eigenvalue weighted by Crippen LogP contribution is 2.39. The lowest BCUT2D eigenvalue weighted by atomic mass is 10.00. The summed E-state index contributed by atoms with van der Waals surface area (Å²) in [4.78, 5) is 9.05. The molecule has 0 aliphatic rings. The highest BCUT2D eigenvalue weighted by Gasteiger charge is 2.19. The van der Waals surface area contributed by atoms with Crippen molar-refractivity contribution in [2.75, 3.05) is 30.0 Å². The molecule has 8 nitrogen and oxygen atoms in total. The second-order valence-electron chi connectivity index (χ2n) is 7.55. The maximum Gasteiger partial charge on any atom is 0.187 e. The predicted octanol–water partition coefficient (Wildman–Crippen LogP) is 4.96. The number of para-hydroxylation sites is 1. The predicted molar refractivity (Wildman–Crippen MR) is 142 cm³/mol. The van der Waals surface area contributed by atoms with Crippen LogP contribution in [0.25, 0.3) is 11.1 Å². The molecule has 0 unspecified atom stereocenters. The number of nitrogen functional groups attached to an aromatic ring is 2. The number of anilines is 4. The molecule has 2 aromatic heterocycles. The number of aliphatic hydroxyl groups is 1. The van der Waals surface area contributed by atoms with Crippen molar-refractivity contribution in [2.45, 2.75) is 17.7 Å². The van der Waals surface area contributed by atoms with Gasteiger partial charge in [-0.1, -0.05) is 42.1 Å². The van der Waals surface area contributed by atoms with E-state index in [0.29, 0.717) is 27.7 Å². The second kappa shape index (κ2) is 11.1. The fourth-order valence-corrected chi connectivity index (χ4v) is 5.10. The summed E-state index contributed by atoms with van der Waals surface area (Å²) in [7, 11) is 0. The van der Waals surface area contributed by atoms with Crippen LogP contribution in [-0.2, 0) is 5.75 Å². The Hall–Kier alpha value is -3.78. The Kier molecular flexibility index (Phi) is 7.72. The summed E-state index contributed by atoms with van der Waals surface area (Å²) in [6, 6.07) is 17.4. The lowest BCUT2D eigenvalue weighted by Gasteiger charge is -2.14. The van der Waals surface area contributed by atoms with Crippen molar-refractivity contribution in [1.82, 2.24) is 9.97 Å². The number of ether oxygens (including phenoxy) is 1. The standard InChI is InChI=1S/C25H24N6O2S2/c1-15-4-2-3-5-20(15)30-25-29-17(14-35-25)13-34-24-19(12-26)21(22(27)23(28)31-24)16-6-8-18(9-7-16)33-11-10-32/h2-9,14,32H,10-11,13,27H2,1H3,(H2,28,31)(H,29,30). The zero-order chi connectivity index (χ0) is 24.8. The van der Waals surface area contributed by atoms with Crippen molar-refractivity contribution in [1.29, 1.82) is 5.26 Å². The molecule has 0 amide bonds. The summed E-state index contributed by atoms with van der Waals surface area (Å²) in [5.74, 6) is 1.29. The van der Waals surface area contributed by atoms with Crippen LogP contribution in [0, 0.1) is 18.3 Å². The third kappa shape index (κ3) is 5.66. The molecule has 0 fully saturated rings. The van der Waals surface area contributed by atoms with E-state index in [1.807, 2.05) is 36.6 Å². The quantitative estimate of drug-likeness (QED) is 0.233. The van der Waals surface area contributed by atoms with Gasteiger partial charge in [-0.05, 0) is 36.2 Å². The monoisotopic (exact) mass is 504 g/mol. The lowest BCUT2D eigenvalue weighted by molar-refractivity contribution is 0.201. The molecular formula is C25H24N6O2S2. The fourth-order valence-electron chi connectivity index (χ4n) is 3.39. The minimum atomic E-state index is -0.0722. The fraction of sp³-hybridized carbons (Fsp3) is 0.160. The first-order valence-corrected chi connectivity index (χ1v) is 12.6. The van der Waals surface area contributed by atoms with E-state index < -0.39 is 0 Å². The third-order valence-corrected chi connectivity index (χ3v) is 6.96. The van der Waals surface area contributed by atoms with Gasteiger partial charge in [0, 0.05) is 22.4 Å². The van der Waals surface area contributed by atoms with Gasteiger partial charge < -0.3 is 26.6 Å². The number of hydrogen-bond acceptors (Lipinski definition) is 10. The number of hydrogen-bond donors (Lipinski definition) is 4. The number of rotatable bonds is 9. The van der Waals surface area contributed by atoms with Crippen LogP contribution < -0.4 is 21.5 Å². The van der Waals surface area contributed by atoms with E-state index in [1.54, 1.807) is 24.3 Å². The Bertz CT molecular complexity index is 1370. The number of thiazole rings is 1. The van der Waals surface area contributed by atoms with Crippen LogP contribution in [0.5, 0.6) is 5.75 Å². The number of nitriles is 1. The van der Waals surface area contributed by atoms with Gasteiger partial charge in [0.25, 0.3) is 0 Å². The minimum absolute atomic E-state index is 0.0722. The molecule has 2 aromatic carbocycles. The van der Waals surface area contributed by atoms with Gasteiger partial charge in [0.05, 0.1) is 23.6 Å². The second-order valence-corrected chi connectivity index (χ2v) is 9.37. The van der Waals surface area contributed by atoms with Crippen LogP contribution in [0.3, 0.4) is 0 Å². The topological polar surface area (TPSA) is 143 Å². The van der Waals surface area contributed by atoms with Crippen LogP contribution in [0.15, 0.2) is 58.9 Å². The van der Waals surface area contributed by atoms with E-state index >= 15 is 0 Å². The molecule has 0 saturated carbocycles. The van der Waals surface area contributed by atoms with Crippen molar-refractivity contribution < 1.29 is 9.84 Å². The van der Waals surface area contributed by atoms with E-state index in [2.05, 4.69) is 21.4 Å². The largest absolute Gasteiger partial charge is 0.491 e. The Balaban J connectivity index is 1.55. The van der Waals surface area contributed by atoms with Crippen molar-refractivity contribution in [3.8, 4) is 22.9 Å². The van der Waals surface area contributed by atoms with E-state index in [1.165, 1.54) is 23.1 Å². The summed E-state index contributed by atoms with van der Waals surface area (Å²) < 4.78 is 5.42. The minimum Gasteiger partial charge on any atom is -0.491 e. The molecule has 0 spiro atoms. The first-order chi connectivity index (χ1) is 17.0. The van der Waals surface area contributed by atoms with Crippen LogP contribution in [0.2, 0.25) is 0 Å². The Morgan fingerprint density at radius 1 is 1.14 bits per heavy atom. The molecule has 0 radical (unpaired) electrons. The maximum atomic E-state index is 9.96. The number of nitrogens with zero attached hydrogens (tertiary/aromatic N) is 3. The summed E-state index contributed by atoms with van der Waals surface area (Å²) >= 11 is 2.91. The molecule has 10 heteroatoms. The van der Waals surface area contributed by atoms with Gasteiger partial charge in [-0.3, -0.25) is 0 Å². The Morgan fingerprint density at radius 3 is 2.63 bits per heavy atom. The molecule has 0 atom stereocenters. The number of aryl methyl sites for hydroxylation is 1. The number of aliphatic hydroxyl groups excluding tert-OH is 1. The molecule has 2 heterocycles. The molecule has 178 valence electrons. The molecule has 0 bridgehead atoms. The van der Waals surface area contributed by atoms with Gasteiger partial charge in [-0.2, -0.15) is 5.26 Å². The van der Waals surface area contributed by atoms with Gasteiger partial charge >= 0.3 is 0 Å². The van der Waals surface area contributed by atoms with Crippen LogP contribution in [0.4, 0.5) is 22.3 Å². The average molecular weight is 505 g/mol. The van der Waals surface area contributed by atoms with Crippen molar-refractivity contribution in [3.05, 3.63) is 70.7 Å².